The number of benzene rings is 2. The Morgan fingerprint density at radius 3 is 2.41 bits per heavy atom. The van der Waals surface area contributed by atoms with Crippen molar-refractivity contribution in [3.8, 4) is 0 Å². The van der Waals surface area contributed by atoms with Crippen LogP contribution in [-0.4, -0.2) is 47.4 Å². The fraction of sp³-hybridized carbons (Fsp3) is 0.480. The van der Waals surface area contributed by atoms with Crippen LogP contribution in [0.4, 0.5) is 0 Å². The third-order valence-corrected chi connectivity index (χ3v) is 6.12. The van der Waals surface area contributed by atoms with Crippen molar-refractivity contribution >= 4 is 5.91 Å². The van der Waals surface area contributed by atoms with Crippen LogP contribution in [0.2, 0.25) is 0 Å². The molecule has 1 heterocycles. The van der Waals surface area contributed by atoms with Gasteiger partial charge >= 0.3 is 0 Å². The van der Waals surface area contributed by atoms with Gasteiger partial charge in [0, 0.05) is 43.3 Å². The molecule has 4 nitrogen and oxygen atoms in total. The number of nitrogens with zero attached hydrogens (tertiary/aromatic N) is 2. The van der Waals surface area contributed by atoms with Gasteiger partial charge in [0.05, 0.1) is 0 Å². The van der Waals surface area contributed by atoms with E-state index in [0.29, 0.717) is 12.1 Å². The van der Waals surface area contributed by atoms with Crippen molar-refractivity contribution in [1.29, 1.82) is 0 Å². The van der Waals surface area contributed by atoms with E-state index in [-0.39, 0.29) is 11.9 Å². The summed E-state index contributed by atoms with van der Waals surface area (Å²) >= 11 is 0. The zero-order chi connectivity index (χ0) is 20.8. The Morgan fingerprint density at radius 2 is 1.79 bits per heavy atom. The van der Waals surface area contributed by atoms with Crippen molar-refractivity contribution in [2.75, 3.05) is 19.6 Å². The highest BCUT2D eigenvalue weighted by molar-refractivity contribution is 5.94. The van der Waals surface area contributed by atoms with Gasteiger partial charge in [0.15, 0.2) is 0 Å². The predicted molar refractivity (Wildman–Crippen MR) is 120 cm³/mol. The van der Waals surface area contributed by atoms with E-state index in [1.165, 1.54) is 11.1 Å². The van der Waals surface area contributed by atoms with Crippen molar-refractivity contribution in [2.24, 2.45) is 0 Å². The predicted octanol–water partition coefficient (Wildman–Crippen LogP) is 4.48. The van der Waals surface area contributed by atoms with Gasteiger partial charge < -0.3 is 5.32 Å². The summed E-state index contributed by atoms with van der Waals surface area (Å²) in [6.07, 6.45) is 1.00. The molecule has 1 aliphatic rings. The number of rotatable bonds is 8. The van der Waals surface area contributed by atoms with Crippen molar-refractivity contribution < 1.29 is 4.79 Å². The van der Waals surface area contributed by atoms with E-state index in [0.717, 1.165) is 38.2 Å². The summed E-state index contributed by atoms with van der Waals surface area (Å²) in [5.74, 6) is 0.0342. The fourth-order valence-corrected chi connectivity index (χ4v) is 4.12. The monoisotopic (exact) mass is 393 g/mol. The molecule has 2 unspecified atom stereocenters. The highest BCUT2D eigenvalue weighted by atomic mass is 16.1. The van der Waals surface area contributed by atoms with E-state index >= 15 is 0 Å². The third kappa shape index (κ3) is 5.68. The Morgan fingerprint density at radius 1 is 1.10 bits per heavy atom. The quantitative estimate of drug-likeness (QED) is 0.718. The van der Waals surface area contributed by atoms with Gasteiger partial charge in [-0.15, -0.1) is 0 Å². The first-order valence-electron chi connectivity index (χ1n) is 10.9. The molecule has 29 heavy (non-hydrogen) atoms. The maximum Gasteiger partial charge on any atom is 0.251 e. The van der Waals surface area contributed by atoms with Crippen LogP contribution < -0.4 is 5.32 Å². The number of hydrogen-bond donors (Lipinski definition) is 1. The lowest BCUT2D eigenvalue weighted by molar-refractivity contribution is 0.0936. The second-order valence-electron chi connectivity index (χ2n) is 8.39. The molecule has 0 aliphatic carbocycles. The Hall–Kier alpha value is -2.17. The second-order valence-corrected chi connectivity index (χ2v) is 8.39. The van der Waals surface area contributed by atoms with Crippen LogP contribution in [0.1, 0.15) is 61.6 Å². The van der Waals surface area contributed by atoms with Crippen molar-refractivity contribution in [2.45, 2.75) is 58.8 Å². The minimum absolute atomic E-state index is 0.0342. The van der Waals surface area contributed by atoms with E-state index in [1.54, 1.807) is 0 Å². The maximum atomic E-state index is 12.7. The molecule has 0 bridgehead atoms. The molecule has 3 rings (SSSR count). The molecular formula is C25H35N3O. The normalized spacial score (nSPS) is 18.3. The average molecular weight is 394 g/mol. The van der Waals surface area contributed by atoms with Gasteiger partial charge in [-0.2, -0.15) is 0 Å². The lowest BCUT2D eigenvalue weighted by Crippen LogP contribution is -2.37. The van der Waals surface area contributed by atoms with Crippen LogP contribution in [0.15, 0.2) is 54.6 Å². The zero-order valence-electron chi connectivity index (χ0n) is 18.3. The number of amides is 1. The molecule has 4 heteroatoms. The van der Waals surface area contributed by atoms with Gasteiger partial charge in [0.1, 0.15) is 0 Å². The summed E-state index contributed by atoms with van der Waals surface area (Å²) in [6.45, 7) is 12.7. The summed E-state index contributed by atoms with van der Waals surface area (Å²) in [7, 11) is 0. The first-order chi connectivity index (χ1) is 14.0. The molecule has 0 aromatic heterocycles. The van der Waals surface area contributed by atoms with Crippen LogP contribution in [0, 0.1) is 0 Å². The van der Waals surface area contributed by atoms with Crippen molar-refractivity contribution in [3.63, 3.8) is 0 Å². The number of nitrogens with one attached hydrogen (secondary N) is 1. The van der Waals surface area contributed by atoms with Crippen LogP contribution in [0.25, 0.3) is 0 Å². The lowest BCUT2D eigenvalue weighted by atomic mass is 10.1. The van der Waals surface area contributed by atoms with Crippen LogP contribution >= 0.6 is 0 Å². The van der Waals surface area contributed by atoms with Crippen LogP contribution in [0.3, 0.4) is 0 Å². The molecule has 1 fully saturated rings. The minimum Gasteiger partial charge on any atom is -0.348 e. The number of carbonyl (C=O) groups excluding carboxylic acids is 1. The van der Waals surface area contributed by atoms with Gasteiger partial charge in [0.2, 0.25) is 0 Å². The molecule has 1 aliphatic heterocycles. The Labute approximate surface area is 175 Å². The summed E-state index contributed by atoms with van der Waals surface area (Å²) in [5.41, 5.74) is 3.33. The molecular weight excluding hydrogens is 358 g/mol. The molecule has 156 valence electrons. The van der Waals surface area contributed by atoms with Gasteiger partial charge in [0.25, 0.3) is 5.91 Å². The second kappa shape index (κ2) is 10.0. The van der Waals surface area contributed by atoms with Crippen molar-refractivity contribution in [3.05, 3.63) is 71.3 Å². The number of likely N-dealkylation sites (tertiary alicyclic amines) is 1. The lowest BCUT2D eigenvalue weighted by Gasteiger charge is -2.25. The van der Waals surface area contributed by atoms with Gasteiger partial charge in [-0.1, -0.05) is 49.4 Å². The smallest absolute Gasteiger partial charge is 0.251 e. The highest BCUT2D eigenvalue weighted by Gasteiger charge is 2.27. The Balaban J connectivity index is 1.53. The van der Waals surface area contributed by atoms with Gasteiger partial charge in [-0.25, -0.2) is 0 Å². The van der Waals surface area contributed by atoms with Gasteiger partial charge in [-0.05, 0) is 57.0 Å². The topological polar surface area (TPSA) is 35.6 Å². The van der Waals surface area contributed by atoms with Gasteiger partial charge in [-0.3, -0.25) is 14.6 Å². The van der Waals surface area contributed by atoms with E-state index in [1.807, 2.05) is 12.1 Å². The SMILES string of the molecule is CCN(Cc1ccc(C(=O)NC2CCN(C(C)c3ccccc3)C2)cc1)C(C)C. The largest absolute Gasteiger partial charge is 0.348 e. The van der Waals surface area contributed by atoms with E-state index in [9.17, 15) is 4.79 Å². The number of hydrogen-bond acceptors (Lipinski definition) is 3. The number of carbonyl (C=O) groups is 1. The third-order valence-electron chi connectivity index (χ3n) is 6.12. The maximum absolute atomic E-state index is 12.7. The molecule has 2 aromatic carbocycles. The molecule has 2 aromatic rings. The summed E-state index contributed by atoms with van der Waals surface area (Å²) in [4.78, 5) is 17.6. The van der Waals surface area contributed by atoms with E-state index < -0.39 is 0 Å². The Bertz CT molecular complexity index is 772. The van der Waals surface area contributed by atoms with Crippen LogP contribution in [0.5, 0.6) is 0 Å². The Kier molecular flexibility index (Phi) is 7.45. The molecule has 0 spiro atoms. The summed E-state index contributed by atoms with van der Waals surface area (Å²) < 4.78 is 0. The highest BCUT2D eigenvalue weighted by Crippen LogP contribution is 2.24. The average Bonchev–Trinajstić information content (AvgIpc) is 3.20. The van der Waals surface area contributed by atoms with E-state index in [2.05, 4.69) is 85.3 Å². The van der Waals surface area contributed by atoms with E-state index in [4.69, 9.17) is 0 Å². The molecule has 1 N–H and O–H groups in total. The fourth-order valence-electron chi connectivity index (χ4n) is 4.12. The summed E-state index contributed by atoms with van der Waals surface area (Å²) in [5, 5.41) is 3.23. The van der Waals surface area contributed by atoms with Crippen molar-refractivity contribution in [1.82, 2.24) is 15.1 Å². The first kappa shape index (κ1) is 21.5. The standard InChI is InChI=1S/C25H35N3O/c1-5-27(19(2)3)17-21-11-13-23(14-12-21)25(29)26-24-15-16-28(18-24)20(4)22-9-7-6-8-10-22/h6-14,19-20,24H,5,15-18H2,1-4H3,(H,26,29). The molecule has 1 saturated heterocycles. The molecule has 1 amide bonds. The molecule has 0 radical (unpaired) electrons. The van der Waals surface area contributed by atoms with Crippen LogP contribution in [-0.2, 0) is 6.54 Å². The molecule has 0 saturated carbocycles. The first-order valence-corrected chi connectivity index (χ1v) is 10.9. The minimum atomic E-state index is 0.0342. The molecule has 2 atom stereocenters. The summed E-state index contributed by atoms with van der Waals surface area (Å²) in [6, 6.07) is 19.8. The zero-order valence-corrected chi connectivity index (χ0v) is 18.3.